The van der Waals surface area contributed by atoms with Crippen molar-refractivity contribution < 1.29 is 0 Å². The van der Waals surface area contributed by atoms with E-state index < -0.39 is 0 Å². The molecule has 1 N–H and O–H groups in total. The Morgan fingerprint density at radius 2 is 2.14 bits per heavy atom. The van der Waals surface area contributed by atoms with Crippen LogP contribution in [0.25, 0.3) is 0 Å². The molecule has 0 aromatic carbocycles. The summed E-state index contributed by atoms with van der Waals surface area (Å²) in [6.07, 6.45) is 4.50. The van der Waals surface area contributed by atoms with Gasteiger partial charge < -0.3 is 10.2 Å². The summed E-state index contributed by atoms with van der Waals surface area (Å²) in [6, 6.07) is 4.27. The molecule has 0 atom stereocenters. The van der Waals surface area contributed by atoms with E-state index in [2.05, 4.69) is 37.5 Å². The summed E-state index contributed by atoms with van der Waals surface area (Å²) in [5, 5.41) is 12.2. The summed E-state index contributed by atoms with van der Waals surface area (Å²) in [4.78, 5) is 7.69. The summed E-state index contributed by atoms with van der Waals surface area (Å²) < 4.78 is 0. The van der Waals surface area contributed by atoms with Crippen LogP contribution in [0, 0.1) is 5.92 Å². The van der Waals surface area contributed by atoms with Crippen LogP contribution in [0.4, 0.5) is 5.82 Å². The third kappa shape index (κ3) is 3.06. The molecule has 2 aromatic heterocycles. The maximum Gasteiger partial charge on any atom is 0.151 e. The Hall–Kier alpha value is -1.53. The van der Waals surface area contributed by atoms with Gasteiger partial charge in [-0.05, 0) is 25.0 Å². The molecule has 5 nitrogen and oxygen atoms in total. The standard InChI is InChI=1S/C15H19N5S/c1-2-12(1)14-3-4-15(19-18-14)20-8-11(9-20)5-16-6-13-7-17-10-21-13/h3-4,7,10-12,16H,1-2,5-6,8-9H2. The first-order valence-electron chi connectivity index (χ1n) is 7.55. The highest BCUT2D eigenvalue weighted by Gasteiger charge is 2.29. The molecule has 0 unspecified atom stereocenters. The molecule has 6 heteroatoms. The van der Waals surface area contributed by atoms with Crippen LogP contribution in [0.5, 0.6) is 0 Å². The van der Waals surface area contributed by atoms with Gasteiger partial charge in [-0.1, -0.05) is 0 Å². The maximum absolute atomic E-state index is 4.37. The van der Waals surface area contributed by atoms with Gasteiger partial charge in [0.25, 0.3) is 0 Å². The van der Waals surface area contributed by atoms with Crippen molar-refractivity contribution in [2.24, 2.45) is 5.92 Å². The third-order valence-corrected chi connectivity index (χ3v) is 4.94. The molecule has 2 aliphatic rings. The first-order chi connectivity index (χ1) is 10.4. The predicted molar refractivity (Wildman–Crippen MR) is 83.5 cm³/mol. The Labute approximate surface area is 128 Å². The van der Waals surface area contributed by atoms with Crippen LogP contribution in [-0.2, 0) is 6.54 Å². The molecular weight excluding hydrogens is 282 g/mol. The highest BCUT2D eigenvalue weighted by Crippen LogP contribution is 2.38. The van der Waals surface area contributed by atoms with Gasteiger partial charge in [0.05, 0.1) is 11.2 Å². The summed E-state index contributed by atoms with van der Waals surface area (Å²) in [5.41, 5.74) is 3.05. The van der Waals surface area contributed by atoms with Crippen LogP contribution >= 0.6 is 11.3 Å². The van der Waals surface area contributed by atoms with Gasteiger partial charge in [-0.2, -0.15) is 5.10 Å². The Bertz CT molecular complexity index is 573. The molecule has 2 aromatic rings. The van der Waals surface area contributed by atoms with E-state index >= 15 is 0 Å². The largest absolute Gasteiger partial charge is 0.354 e. The van der Waals surface area contributed by atoms with Crippen molar-refractivity contribution in [3.8, 4) is 0 Å². The Kier molecular flexibility index (Phi) is 3.57. The fraction of sp³-hybridized carbons (Fsp3) is 0.533. The molecule has 1 saturated heterocycles. The van der Waals surface area contributed by atoms with Crippen molar-refractivity contribution in [1.29, 1.82) is 0 Å². The van der Waals surface area contributed by atoms with Crippen LogP contribution in [0.1, 0.15) is 29.3 Å². The maximum atomic E-state index is 4.37. The van der Waals surface area contributed by atoms with Crippen molar-refractivity contribution >= 4 is 17.2 Å². The van der Waals surface area contributed by atoms with E-state index in [0.29, 0.717) is 11.8 Å². The molecule has 0 radical (unpaired) electrons. The highest BCUT2D eigenvalue weighted by atomic mass is 32.1. The Balaban J connectivity index is 1.21. The summed E-state index contributed by atoms with van der Waals surface area (Å²) in [7, 11) is 0. The lowest BCUT2D eigenvalue weighted by molar-refractivity contribution is 0.382. The van der Waals surface area contributed by atoms with Crippen molar-refractivity contribution in [3.63, 3.8) is 0 Å². The molecule has 1 saturated carbocycles. The van der Waals surface area contributed by atoms with Crippen molar-refractivity contribution in [1.82, 2.24) is 20.5 Å². The number of aromatic nitrogens is 3. The van der Waals surface area contributed by atoms with Gasteiger partial charge >= 0.3 is 0 Å². The molecule has 21 heavy (non-hydrogen) atoms. The molecule has 2 fully saturated rings. The second-order valence-electron chi connectivity index (χ2n) is 5.96. The second-order valence-corrected chi connectivity index (χ2v) is 6.93. The van der Waals surface area contributed by atoms with Gasteiger partial charge in [0.2, 0.25) is 0 Å². The predicted octanol–water partition coefficient (Wildman–Crippen LogP) is 2.04. The average molecular weight is 301 g/mol. The smallest absolute Gasteiger partial charge is 0.151 e. The number of hydrogen-bond donors (Lipinski definition) is 1. The lowest BCUT2D eigenvalue weighted by Gasteiger charge is -2.40. The zero-order valence-corrected chi connectivity index (χ0v) is 12.7. The molecular formula is C15H19N5S. The van der Waals surface area contributed by atoms with Gasteiger partial charge in [0.1, 0.15) is 0 Å². The SMILES string of the molecule is c1ncc(CNCC2CN(c3ccc(C4CC4)nn3)C2)s1. The summed E-state index contributed by atoms with van der Waals surface area (Å²) in [5.74, 6) is 2.42. The normalized spacial score (nSPS) is 18.8. The lowest BCUT2D eigenvalue weighted by atomic mass is 10.0. The number of anilines is 1. The molecule has 110 valence electrons. The van der Waals surface area contributed by atoms with Gasteiger partial charge in [-0.3, -0.25) is 4.98 Å². The van der Waals surface area contributed by atoms with E-state index in [4.69, 9.17) is 0 Å². The monoisotopic (exact) mass is 301 g/mol. The second kappa shape index (κ2) is 5.69. The minimum absolute atomic E-state index is 0.687. The van der Waals surface area contributed by atoms with Crippen molar-refractivity contribution in [2.45, 2.75) is 25.3 Å². The minimum atomic E-state index is 0.687. The van der Waals surface area contributed by atoms with E-state index in [9.17, 15) is 0 Å². The molecule has 1 aliphatic heterocycles. The van der Waals surface area contributed by atoms with Crippen molar-refractivity contribution in [3.05, 3.63) is 34.4 Å². The third-order valence-electron chi connectivity index (χ3n) is 4.16. The van der Waals surface area contributed by atoms with Gasteiger partial charge in [0, 0.05) is 49.1 Å². The molecule has 0 amide bonds. The van der Waals surface area contributed by atoms with Crippen LogP contribution in [0.2, 0.25) is 0 Å². The molecule has 3 heterocycles. The first kappa shape index (κ1) is 13.2. The van der Waals surface area contributed by atoms with Crippen molar-refractivity contribution in [2.75, 3.05) is 24.5 Å². The first-order valence-corrected chi connectivity index (χ1v) is 8.43. The quantitative estimate of drug-likeness (QED) is 0.885. The molecule has 0 spiro atoms. The zero-order chi connectivity index (χ0) is 14.1. The number of nitrogens with one attached hydrogen (secondary N) is 1. The van der Waals surface area contributed by atoms with Crippen LogP contribution in [0.15, 0.2) is 23.8 Å². The Morgan fingerprint density at radius 1 is 1.24 bits per heavy atom. The summed E-state index contributed by atoms with van der Waals surface area (Å²) >= 11 is 1.70. The lowest BCUT2D eigenvalue weighted by Crippen LogP contribution is -2.51. The van der Waals surface area contributed by atoms with Gasteiger partial charge in [-0.15, -0.1) is 16.4 Å². The van der Waals surface area contributed by atoms with E-state index in [0.717, 1.165) is 32.0 Å². The van der Waals surface area contributed by atoms with Crippen LogP contribution in [-0.4, -0.2) is 34.8 Å². The number of hydrogen-bond acceptors (Lipinski definition) is 6. The number of rotatable bonds is 6. The Morgan fingerprint density at radius 3 is 2.81 bits per heavy atom. The average Bonchev–Trinajstić information content (AvgIpc) is 3.19. The fourth-order valence-corrected chi connectivity index (χ4v) is 3.28. The molecule has 0 bridgehead atoms. The van der Waals surface area contributed by atoms with E-state index in [1.165, 1.54) is 23.4 Å². The van der Waals surface area contributed by atoms with E-state index in [1.807, 2.05) is 11.7 Å². The number of thiazole rings is 1. The fourth-order valence-electron chi connectivity index (χ4n) is 2.72. The molecule has 1 aliphatic carbocycles. The zero-order valence-electron chi connectivity index (χ0n) is 11.9. The number of nitrogens with zero attached hydrogens (tertiary/aromatic N) is 4. The van der Waals surface area contributed by atoms with Gasteiger partial charge in [0.15, 0.2) is 5.82 Å². The molecule has 4 rings (SSSR count). The van der Waals surface area contributed by atoms with Gasteiger partial charge in [-0.25, -0.2) is 0 Å². The topological polar surface area (TPSA) is 53.9 Å². The van der Waals surface area contributed by atoms with E-state index in [1.54, 1.807) is 11.3 Å². The summed E-state index contributed by atoms with van der Waals surface area (Å²) in [6.45, 7) is 4.14. The minimum Gasteiger partial charge on any atom is -0.354 e. The highest BCUT2D eigenvalue weighted by molar-refractivity contribution is 7.09. The van der Waals surface area contributed by atoms with Crippen LogP contribution in [0.3, 0.4) is 0 Å². The van der Waals surface area contributed by atoms with E-state index in [-0.39, 0.29) is 0 Å². The van der Waals surface area contributed by atoms with Crippen LogP contribution < -0.4 is 10.2 Å².